The van der Waals surface area contributed by atoms with Gasteiger partial charge < -0.3 is 10.6 Å². The van der Waals surface area contributed by atoms with Gasteiger partial charge in [0.2, 0.25) is 0 Å². The summed E-state index contributed by atoms with van der Waals surface area (Å²) in [4.78, 5) is 0. The van der Waals surface area contributed by atoms with E-state index in [1.54, 1.807) is 0 Å². The van der Waals surface area contributed by atoms with Crippen LogP contribution in [0.2, 0.25) is 0 Å². The van der Waals surface area contributed by atoms with Crippen LogP contribution in [0.15, 0.2) is 0 Å². The Labute approximate surface area is 74.1 Å². The maximum atomic E-state index is 3.68. The molecule has 0 bridgehead atoms. The van der Waals surface area contributed by atoms with Crippen LogP contribution in [0.3, 0.4) is 0 Å². The quantitative estimate of drug-likeness (QED) is 0.643. The largest absolute Gasteiger partial charge is 0.314 e. The summed E-state index contributed by atoms with van der Waals surface area (Å²) in [6.45, 7) is 3.70. The molecule has 0 aromatic carbocycles. The second-order valence-corrected chi connectivity index (χ2v) is 4.87. The Morgan fingerprint density at radius 2 is 2.00 bits per heavy atom. The van der Waals surface area contributed by atoms with Crippen molar-refractivity contribution in [3.63, 3.8) is 0 Å². The van der Waals surface area contributed by atoms with E-state index in [1.165, 1.54) is 45.3 Å². The van der Waals surface area contributed by atoms with Gasteiger partial charge in [-0.3, -0.25) is 0 Å². The van der Waals surface area contributed by atoms with Crippen molar-refractivity contribution in [1.82, 2.24) is 10.6 Å². The molecule has 2 N–H and O–H groups in total. The Balaban J connectivity index is 1.47. The van der Waals surface area contributed by atoms with E-state index in [-0.39, 0.29) is 0 Å². The van der Waals surface area contributed by atoms with Crippen molar-refractivity contribution in [3.8, 4) is 0 Å². The first-order chi connectivity index (χ1) is 5.89. The zero-order valence-corrected chi connectivity index (χ0v) is 7.60. The Bertz CT molecular complexity index is 178. The molecule has 0 amide bonds. The molecule has 0 unspecified atom stereocenters. The number of nitrogens with one attached hydrogen (secondary N) is 2. The van der Waals surface area contributed by atoms with Gasteiger partial charge in [-0.25, -0.2) is 0 Å². The normalized spacial score (nSPS) is 33.0. The Morgan fingerprint density at radius 3 is 2.42 bits per heavy atom. The van der Waals surface area contributed by atoms with E-state index in [4.69, 9.17) is 0 Å². The van der Waals surface area contributed by atoms with Gasteiger partial charge in [0.25, 0.3) is 0 Å². The molecule has 12 heavy (non-hydrogen) atoms. The zero-order valence-electron chi connectivity index (χ0n) is 7.60. The lowest BCUT2D eigenvalue weighted by Gasteiger charge is -2.30. The first-order valence-corrected chi connectivity index (χ1v) is 5.33. The molecule has 1 heterocycles. The Kier molecular flexibility index (Phi) is 1.50. The molecular weight excluding hydrogens is 148 g/mol. The third-order valence-electron chi connectivity index (χ3n) is 3.86. The highest BCUT2D eigenvalue weighted by Gasteiger charge is 2.53. The fourth-order valence-corrected chi connectivity index (χ4v) is 2.37. The summed E-state index contributed by atoms with van der Waals surface area (Å²) in [5.74, 6) is 1.11. The second kappa shape index (κ2) is 2.46. The smallest absolute Gasteiger partial charge is 0.0317 e. The minimum absolute atomic E-state index is 0.787. The molecule has 1 saturated heterocycles. The monoisotopic (exact) mass is 166 g/mol. The Morgan fingerprint density at radius 1 is 1.25 bits per heavy atom. The topological polar surface area (TPSA) is 24.1 Å². The van der Waals surface area contributed by atoms with Crippen molar-refractivity contribution in [3.05, 3.63) is 0 Å². The standard InChI is InChI=1S/C10H18N2/c1-2-8(1)10(3-4-10)7-12-9-5-11-6-9/h8-9,11-12H,1-7H2. The molecule has 68 valence electrons. The van der Waals surface area contributed by atoms with E-state index in [2.05, 4.69) is 10.6 Å². The van der Waals surface area contributed by atoms with Crippen molar-refractivity contribution in [2.24, 2.45) is 11.3 Å². The van der Waals surface area contributed by atoms with Crippen LogP contribution < -0.4 is 10.6 Å². The van der Waals surface area contributed by atoms with Gasteiger partial charge in [-0.15, -0.1) is 0 Å². The molecule has 3 aliphatic rings. The molecule has 0 aromatic heterocycles. The summed E-state index contributed by atoms with van der Waals surface area (Å²) >= 11 is 0. The maximum absolute atomic E-state index is 3.68. The summed E-state index contributed by atoms with van der Waals surface area (Å²) in [6.07, 6.45) is 6.05. The van der Waals surface area contributed by atoms with Crippen LogP contribution in [0.5, 0.6) is 0 Å². The fourth-order valence-electron chi connectivity index (χ4n) is 2.37. The van der Waals surface area contributed by atoms with Crippen LogP contribution in [-0.2, 0) is 0 Å². The van der Waals surface area contributed by atoms with Gasteiger partial charge in [0.05, 0.1) is 0 Å². The highest BCUT2D eigenvalue weighted by molar-refractivity contribution is 5.05. The number of rotatable bonds is 4. The van der Waals surface area contributed by atoms with Gasteiger partial charge in [-0.05, 0) is 37.0 Å². The summed E-state index contributed by atoms with van der Waals surface area (Å²) < 4.78 is 0. The molecule has 3 rings (SSSR count). The predicted molar refractivity (Wildman–Crippen MR) is 49.1 cm³/mol. The van der Waals surface area contributed by atoms with Gasteiger partial charge in [0, 0.05) is 25.7 Å². The van der Waals surface area contributed by atoms with E-state index in [9.17, 15) is 0 Å². The molecule has 2 saturated carbocycles. The zero-order chi connectivity index (χ0) is 8.02. The van der Waals surface area contributed by atoms with Crippen molar-refractivity contribution < 1.29 is 0 Å². The molecule has 3 fully saturated rings. The molecule has 1 aliphatic heterocycles. The molecule has 0 radical (unpaired) electrons. The first-order valence-electron chi connectivity index (χ1n) is 5.33. The highest BCUT2D eigenvalue weighted by atomic mass is 15.1. The summed E-state index contributed by atoms with van der Waals surface area (Å²) in [5, 5.41) is 6.98. The van der Waals surface area contributed by atoms with Gasteiger partial charge in [0.1, 0.15) is 0 Å². The maximum Gasteiger partial charge on any atom is 0.0317 e. The van der Waals surface area contributed by atoms with Crippen LogP contribution in [0, 0.1) is 11.3 Å². The highest BCUT2D eigenvalue weighted by Crippen LogP contribution is 2.60. The van der Waals surface area contributed by atoms with Crippen LogP contribution in [0.25, 0.3) is 0 Å². The molecule has 2 aliphatic carbocycles. The summed E-state index contributed by atoms with van der Waals surface area (Å²) in [6, 6.07) is 0.793. The molecule has 0 atom stereocenters. The van der Waals surface area contributed by atoms with Crippen molar-refractivity contribution in [1.29, 1.82) is 0 Å². The molecule has 0 aromatic rings. The molecule has 2 heteroatoms. The lowest BCUT2D eigenvalue weighted by molar-refractivity contribution is 0.313. The van der Waals surface area contributed by atoms with Crippen molar-refractivity contribution in [2.45, 2.75) is 31.7 Å². The SMILES string of the molecule is C1NCC1NCC1(C2CC2)CC1. The van der Waals surface area contributed by atoms with Crippen LogP contribution in [0.1, 0.15) is 25.7 Å². The minimum atomic E-state index is 0.787. The lowest BCUT2D eigenvalue weighted by atomic mass is 10.00. The second-order valence-electron chi connectivity index (χ2n) is 4.87. The van der Waals surface area contributed by atoms with E-state index in [0.717, 1.165) is 17.4 Å². The van der Waals surface area contributed by atoms with Gasteiger partial charge in [-0.1, -0.05) is 0 Å². The third kappa shape index (κ3) is 1.17. The van der Waals surface area contributed by atoms with E-state index in [0.29, 0.717) is 0 Å². The molecular formula is C10H18N2. The number of hydrogen-bond acceptors (Lipinski definition) is 2. The average Bonchev–Trinajstić information content (AvgIpc) is 2.80. The van der Waals surface area contributed by atoms with Crippen LogP contribution in [-0.4, -0.2) is 25.7 Å². The van der Waals surface area contributed by atoms with Crippen molar-refractivity contribution >= 4 is 0 Å². The predicted octanol–water partition coefficient (Wildman–Crippen LogP) is 0.738. The van der Waals surface area contributed by atoms with E-state index in [1.807, 2.05) is 0 Å². The fraction of sp³-hybridized carbons (Fsp3) is 1.00. The first kappa shape index (κ1) is 7.34. The van der Waals surface area contributed by atoms with Gasteiger partial charge in [0.15, 0.2) is 0 Å². The van der Waals surface area contributed by atoms with Gasteiger partial charge >= 0.3 is 0 Å². The lowest BCUT2D eigenvalue weighted by Crippen LogP contribution is -2.56. The summed E-state index contributed by atoms with van der Waals surface area (Å²) in [7, 11) is 0. The minimum Gasteiger partial charge on any atom is -0.314 e. The molecule has 0 spiro atoms. The molecule has 2 nitrogen and oxygen atoms in total. The average molecular weight is 166 g/mol. The third-order valence-corrected chi connectivity index (χ3v) is 3.86. The van der Waals surface area contributed by atoms with Crippen LogP contribution >= 0.6 is 0 Å². The number of hydrogen-bond donors (Lipinski definition) is 2. The van der Waals surface area contributed by atoms with Gasteiger partial charge in [-0.2, -0.15) is 0 Å². The summed E-state index contributed by atoms with van der Waals surface area (Å²) in [5.41, 5.74) is 0.787. The Hall–Kier alpha value is -0.0800. The van der Waals surface area contributed by atoms with Crippen LogP contribution in [0.4, 0.5) is 0 Å². The van der Waals surface area contributed by atoms with E-state index >= 15 is 0 Å². The van der Waals surface area contributed by atoms with E-state index < -0.39 is 0 Å². The van der Waals surface area contributed by atoms with Crippen molar-refractivity contribution in [2.75, 3.05) is 19.6 Å².